The van der Waals surface area contributed by atoms with E-state index in [0.717, 1.165) is 28.4 Å². The molecule has 0 saturated carbocycles. The number of carbonyl (C=O) groups excluding carboxylic acids is 1. The third-order valence-electron chi connectivity index (χ3n) is 6.65. The Morgan fingerprint density at radius 3 is 2.44 bits per heavy atom. The summed E-state index contributed by atoms with van der Waals surface area (Å²) in [7, 11) is 1.67. The molecular weight excluding hydrogens is 396 g/mol. The molecule has 1 aliphatic carbocycles. The molecule has 3 atom stereocenters. The molecule has 0 amide bonds. The van der Waals surface area contributed by atoms with Crippen molar-refractivity contribution in [3.63, 3.8) is 0 Å². The van der Waals surface area contributed by atoms with Crippen molar-refractivity contribution in [1.82, 2.24) is 0 Å². The van der Waals surface area contributed by atoms with E-state index in [1.54, 1.807) is 7.11 Å². The molecule has 2 aliphatic rings. The van der Waals surface area contributed by atoms with Crippen molar-refractivity contribution in [2.24, 2.45) is 5.92 Å². The first-order valence-corrected chi connectivity index (χ1v) is 11.1. The number of hydrogen-bond acceptors (Lipinski definition) is 4. The van der Waals surface area contributed by atoms with Crippen LogP contribution in [0.5, 0.6) is 5.75 Å². The molecule has 0 fully saturated rings. The van der Waals surface area contributed by atoms with Gasteiger partial charge in [0.15, 0.2) is 0 Å². The Bertz CT molecular complexity index is 1200. The largest absolute Gasteiger partial charge is 0.497 e. The first-order valence-electron chi connectivity index (χ1n) is 11.1. The Morgan fingerprint density at radius 1 is 0.938 bits per heavy atom. The van der Waals surface area contributed by atoms with Crippen LogP contribution in [0, 0.1) is 19.8 Å². The lowest BCUT2D eigenvalue weighted by atomic mass is 9.76. The molecule has 3 unspecified atom stereocenters. The van der Waals surface area contributed by atoms with Gasteiger partial charge in [-0.25, -0.2) is 0 Å². The van der Waals surface area contributed by atoms with Gasteiger partial charge in [0.05, 0.1) is 30.4 Å². The second kappa shape index (κ2) is 8.19. The molecule has 162 valence electrons. The first kappa shape index (κ1) is 20.4. The lowest BCUT2D eigenvalue weighted by Gasteiger charge is -2.33. The standard InChI is InChI=1S/C28H28N2O2/c1-17-8-9-18(2)22(14-17)28-27-25(29-23-6-4-5-7-24(23)30-28)15-20(16-26(27)31)19-10-12-21(32-3)13-11-19/h4-15,20,27-30H,16H2,1-3H3. The quantitative estimate of drug-likeness (QED) is 0.530. The van der Waals surface area contributed by atoms with Gasteiger partial charge in [0, 0.05) is 18.0 Å². The van der Waals surface area contributed by atoms with Gasteiger partial charge in [-0.3, -0.25) is 4.79 Å². The third kappa shape index (κ3) is 3.66. The zero-order valence-corrected chi connectivity index (χ0v) is 18.7. The fourth-order valence-electron chi connectivity index (χ4n) is 4.92. The molecule has 0 radical (unpaired) electrons. The van der Waals surface area contributed by atoms with Crippen LogP contribution in [-0.2, 0) is 4.79 Å². The number of ketones is 1. The Hall–Kier alpha value is -3.53. The number of carbonyl (C=O) groups is 1. The fraction of sp³-hybridized carbons (Fsp3) is 0.250. The van der Waals surface area contributed by atoms with Gasteiger partial charge in [-0.05, 0) is 54.8 Å². The van der Waals surface area contributed by atoms with Crippen molar-refractivity contribution >= 4 is 17.2 Å². The van der Waals surface area contributed by atoms with Crippen molar-refractivity contribution in [3.8, 4) is 5.75 Å². The predicted octanol–water partition coefficient (Wildman–Crippen LogP) is 6.15. The maximum atomic E-state index is 13.7. The van der Waals surface area contributed by atoms with Gasteiger partial charge in [-0.1, -0.05) is 54.1 Å². The summed E-state index contributed by atoms with van der Waals surface area (Å²) in [6.45, 7) is 4.22. The molecule has 0 saturated heterocycles. The molecule has 0 spiro atoms. The second-order valence-electron chi connectivity index (χ2n) is 8.80. The summed E-state index contributed by atoms with van der Waals surface area (Å²) in [5, 5.41) is 7.30. The van der Waals surface area contributed by atoms with Crippen LogP contribution in [0.15, 0.2) is 78.5 Å². The first-order chi connectivity index (χ1) is 15.5. The number of anilines is 2. The van der Waals surface area contributed by atoms with Crippen LogP contribution >= 0.6 is 0 Å². The van der Waals surface area contributed by atoms with Crippen LogP contribution < -0.4 is 15.4 Å². The van der Waals surface area contributed by atoms with Gasteiger partial charge in [0.1, 0.15) is 11.5 Å². The van der Waals surface area contributed by atoms with E-state index in [1.807, 2.05) is 24.3 Å². The molecule has 1 heterocycles. The smallest absolute Gasteiger partial charge is 0.145 e. The summed E-state index contributed by atoms with van der Waals surface area (Å²) in [4.78, 5) is 13.7. The van der Waals surface area contributed by atoms with E-state index >= 15 is 0 Å². The minimum atomic E-state index is -0.266. The monoisotopic (exact) mass is 424 g/mol. The van der Waals surface area contributed by atoms with E-state index in [0.29, 0.717) is 6.42 Å². The zero-order chi connectivity index (χ0) is 22.2. The number of hydrogen-bond donors (Lipinski definition) is 2. The summed E-state index contributed by atoms with van der Waals surface area (Å²) >= 11 is 0. The highest BCUT2D eigenvalue weighted by molar-refractivity contribution is 5.90. The topological polar surface area (TPSA) is 50.4 Å². The molecule has 4 heteroatoms. The summed E-state index contributed by atoms with van der Waals surface area (Å²) in [5.74, 6) is 0.846. The third-order valence-corrected chi connectivity index (χ3v) is 6.65. The number of Topliss-reactive ketones (excluding diaryl/α,β-unsaturated/α-hetero) is 1. The number of nitrogens with one attached hydrogen (secondary N) is 2. The van der Waals surface area contributed by atoms with Crippen molar-refractivity contribution in [1.29, 1.82) is 0 Å². The lowest BCUT2D eigenvalue weighted by molar-refractivity contribution is -0.122. The minimum absolute atomic E-state index is 0.0386. The number of allylic oxidation sites excluding steroid dienone is 1. The van der Waals surface area contributed by atoms with Gasteiger partial charge in [-0.15, -0.1) is 0 Å². The fourth-order valence-corrected chi connectivity index (χ4v) is 4.92. The van der Waals surface area contributed by atoms with Crippen LogP contribution in [-0.4, -0.2) is 12.9 Å². The van der Waals surface area contributed by atoms with Gasteiger partial charge in [-0.2, -0.15) is 0 Å². The highest BCUT2D eigenvalue weighted by Gasteiger charge is 2.40. The summed E-state index contributed by atoms with van der Waals surface area (Å²) in [6.07, 6.45) is 2.73. The number of benzene rings is 3. The van der Waals surface area contributed by atoms with E-state index in [1.165, 1.54) is 16.7 Å². The van der Waals surface area contributed by atoms with Crippen molar-refractivity contribution < 1.29 is 9.53 Å². The van der Waals surface area contributed by atoms with Crippen molar-refractivity contribution in [2.75, 3.05) is 17.7 Å². The minimum Gasteiger partial charge on any atom is -0.497 e. The number of methoxy groups -OCH3 is 1. The van der Waals surface area contributed by atoms with Crippen LogP contribution in [0.4, 0.5) is 11.4 Å². The predicted molar refractivity (Wildman–Crippen MR) is 129 cm³/mol. The Morgan fingerprint density at radius 2 is 1.69 bits per heavy atom. The van der Waals surface area contributed by atoms with Crippen LogP contribution in [0.2, 0.25) is 0 Å². The maximum absolute atomic E-state index is 13.7. The number of para-hydroxylation sites is 2. The molecule has 0 aromatic heterocycles. The normalized spacial score (nSPS) is 21.9. The van der Waals surface area contributed by atoms with Crippen molar-refractivity contribution in [2.45, 2.75) is 32.2 Å². The second-order valence-corrected chi connectivity index (χ2v) is 8.80. The molecular formula is C28H28N2O2. The molecule has 5 rings (SSSR count). The van der Waals surface area contributed by atoms with E-state index in [9.17, 15) is 4.79 Å². The average molecular weight is 425 g/mol. The number of ether oxygens (including phenoxy) is 1. The number of rotatable bonds is 3. The molecule has 3 aromatic carbocycles. The summed E-state index contributed by atoms with van der Waals surface area (Å²) < 4.78 is 5.30. The van der Waals surface area contributed by atoms with Gasteiger partial charge in [0.25, 0.3) is 0 Å². The summed E-state index contributed by atoms with van der Waals surface area (Å²) in [6, 6.07) is 22.6. The highest BCUT2D eigenvalue weighted by Crippen LogP contribution is 2.45. The molecule has 3 aromatic rings. The molecule has 4 nitrogen and oxygen atoms in total. The average Bonchev–Trinajstić information content (AvgIpc) is 2.97. The Labute approximate surface area is 189 Å². The van der Waals surface area contributed by atoms with E-state index in [2.05, 4.69) is 73.0 Å². The Balaban J connectivity index is 1.62. The molecule has 0 bridgehead atoms. The molecule has 32 heavy (non-hydrogen) atoms. The Kier molecular flexibility index (Phi) is 5.22. The van der Waals surface area contributed by atoms with E-state index in [-0.39, 0.29) is 23.7 Å². The molecule has 2 N–H and O–H groups in total. The number of fused-ring (bicyclic) bond motifs is 2. The van der Waals surface area contributed by atoms with E-state index < -0.39 is 0 Å². The highest BCUT2D eigenvalue weighted by atomic mass is 16.5. The zero-order valence-electron chi connectivity index (χ0n) is 18.7. The summed E-state index contributed by atoms with van der Waals surface area (Å²) in [5.41, 5.74) is 7.68. The van der Waals surface area contributed by atoms with E-state index in [4.69, 9.17) is 4.74 Å². The SMILES string of the molecule is COc1ccc(C2C=C3Nc4ccccc4NC(c4cc(C)ccc4C)C3C(=O)C2)cc1. The van der Waals surface area contributed by atoms with Crippen LogP contribution in [0.3, 0.4) is 0 Å². The van der Waals surface area contributed by atoms with Gasteiger partial charge < -0.3 is 15.4 Å². The van der Waals surface area contributed by atoms with Crippen LogP contribution in [0.25, 0.3) is 0 Å². The number of aryl methyl sites for hydroxylation is 2. The van der Waals surface area contributed by atoms with Gasteiger partial charge >= 0.3 is 0 Å². The maximum Gasteiger partial charge on any atom is 0.145 e. The van der Waals surface area contributed by atoms with Crippen molar-refractivity contribution in [3.05, 3.63) is 101 Å². The van der Waals surface area contributed by atoms with Gasteiger partial charge in [0.2, 0.25) is 0 Å². The lowest BCUT2D eigenvalue weighted by Crippen LogP contribution is -2.34. The van der Waals surface area contributed by atoms with Crippen LogP contribution in [0.1, 0.15) is 40.6 Å². The molecule has 1 aliphatic heterocycles.